The molecule has 0 aliphatic rings. The van der Waals surface area contributed by atoms with Crippen LogP contribution in [-0.2, 0) is 6.54 Å². The van der Waals surface area contributed by atoms with Crippen LogP contribution in [0.2, 0.25) is 5.02 Å². The number of carbonyl (C=O) groups excluding carboxylic acids is 1. The van der Waals surface area contributed by atoms with Crippen molar-refractivity contribution in [3.8, 4) is 5.75 Å². The monoisotopic (exact) mass is 423 g/mol. The Morgan fingerprint density at radius 1 is 1.13 bits per heavy atom. The van der Waals surface area contributed by atoms with Crippen molar-refractivity contribution in [1.82, 2.24) is 9.78 Å². The molecule has 4 aromatic rings. The summed E-state index contributed by atoms with van der Waals surface area (Å²) in [5, 5.41) is 9.19. The van der Waals surface area contributed by atoms with Gasteiger partial charge in [-0.05, 0) is 35.9 Å². The Morgan fingerprint density at radius 2 is 1.97 bits per heavy atom. The van der Waals surface area contributed by atoms with E-state index in [1.165, 1.54) is 10.7 Å². The number of rotatable bonds is 6. The molecule has 4 rings (SSSR count). The van der Waals surface area contributed by atoms with Gasteiger partial charge in [0.25, 0.3) is 5.91 Å². The second-order valence-corrected chi connectivity index (χ2v) is 7.05. The largest absolute Gasteiger partial charge is 0.493 e. The minimum Gasteiger partial charge on any atom is -0.493 e. The van der Waals surface area contributed by atoms with Crippen molar-refractivity contribution in [3.63, 3.8) is 0 Å². The van der Waals surface area contributed by atoms with Gasteiger partial charge >= 0.3 is 0 Å². The van der Waals surface area contributed by atoms with Gasteiger partial charge in [0.2, 0.25) is 0 Å². The van der Waals surface area contributed by atoms with Crippen LogP contribution in [0.15, 0.2) is 66.9 Å². The predicted molar refractivity (Wildman–Crippen MR) is 116 cm³/mol. The lowest BCUT2D eigenvalue weighted by Crippen LogP contribution is -2.15. The molecule has 30 heavy (non-hydrogen) atoms. The van der Waals surface area contributed by atoms with Gasteiger partial charge in [0.15, 0.2) is 5.82 Å². The second-order valence-electron chi connectivity index (χ2n) is 6.65. The maximum absolute atomic E-state index is 14.0. The first-order valence-corrected chi connectivity index (χ1v) is 9.87. The van der Waals surface area contributed by atoms with E-state index >= 15 is 0 Å². The van der Waals surface area contributed by atoms with Crippen molar-refractivity contribution in [2.75, 3.05) is 11.9 Å². The third-order valence-electron chi connectivity index (χ3n) is 4.68. The van der Waals surface area contributed by atoms with Crippen LogP contribution in [0, 0.1) is 5.82 Å². The number of hydrogen-bond donors (Lipinski definition) is 1. The molecule has 7 heteroatoms. The molecule has 0 fully saturated rings. The number of halogens is 2. The summed E-state index contributed by atoms with van der Waals surface area (Å²) in [4.78, 5) is 13.1. The van der Waals surface area contributed by atoms with E-state index in [-0.39, 0.29) is 12.5 Å². The van der Waals surface area contributed by atoms with Crippen LogP contribution >= 0.6 is 11.6 Å². The summed E-state index contributed by atoms with van der Waals surface area (Å²) in [6, 6.07) is 17.5. The summed E-state index contributed by atoms with van der Waals surface area (Å²) in [5.41, 5.74) is 0.787. The minimum atomic E-state index is -0.402. The standard InChI is InChI=1S/C23H19ClFN3O2/c1-2-30-20-11-10-15-6-3-4-7-16(15)22(20)23(29)26-21-12-13-28(27-21)14-17-18(24)8-5-9-19(17)25/h3-13H,2,14H2,1H3,(H,26,27,29). The Hall–Kier alpha value is -3.38. The number of carbonyl (C=O) groups is 1. The molecule has 5 nitrogen and oxygen atoms in total. The quantitative estimate of drug-likeness (QED) is 0.443. The van der Waals surface area contributed by atoms with Gasteiger partial charge < -0.3 is 10.1 Å². The number of amides is 1. The molecular formula is C23H19ClFN3O2. The van der Waals surface area contributed by atoms with Gasteiger partial charge in [-0.2, -0.15) is 5.10 Å². The fraction of sp³-hybridized carbons (Fsp3) is 0.130. The molecule has 0 spiro atoms. The van der Waals surface area contributed by atoms with Gasteiger partial charge in [-0.15, -0.1) is 0 Å². The highest BCUT2D eigenvalue weighted by Crippen LogP contribution is 2.29. The molecule has 0 unspecified atom stereocenters. The summed E-state index contributed by atoms with van der Waals surface area (Å²) in [6.07, 6.45) is 1.66. The maximum atomic E-state index is 14.0. The van der Waals surface area contributed by atoms with E-state index in [0.717, 1.165) is 10.8 Å². The van der Waals surface area contributed by atoms with Crippen LogP contribution in [0.4, 0.5) is 10.2 Å². The zero-order valence-corrected chi connectivity index (χ0v) is 17.0. The third-order valence-corrected chi connectivity index (χ3v) is 5.04. The number of nitrogens with one attached hydrogen (secondary N) is 1. The maximum Gasteiger partial charge on any atom is 0.261 e. The zero-order valence-electron chi connectivity index (χ0n) is 16.2. The van der Waals surface area contributed by atoms with Gasteiger partial charge in [-0.1, -0.05) is 48.0 Å². The Morgan fingerprint density at radius 3 is 2.77 bits per heavy atom. The highest BCUT2D eigenvalue weighted by molar-refractivity contribution is 6.31. The Balaban J connectivity index is 1.60. The number of nitrogens with zero attached hydrogens (tertiary/aromatic N) is 2. The highest BCUT2D eigenvalue weighted by atomic mass is 35.5. The van der Waals surface area contributed by atoms with Crippen LogP contribution < -0.4 is 10.1 Å². The van der Waals surface area contributed by atoms with E-state index < -0.39 is 5.82 Å². The molecule has 0 aliphatic carbocycles. The van der Waals surface area contributed by atoms with Crippen molar-refractivity contribution in [1.29, 1.82) is 0 Å². The number of hydrogen-bond acceptors (Lipinski definition) is 3. The summed E-state index contributed by atoms with van der Waals surface area (Å²) in [6.45, 7) is 2.46. The number of ether oxygens (including phenoxy) is 1. The molecule has 0 saturated heterocycles. The van der Waals surface area contributed by atoms with E-state index in [9.17, 15) is 9.18 Å². The fourth-order valence-electron chi connectivity index (χ4n) is 3.30. The first-order valence-electron chi connectivity index (χ1n) is 9.49. The molecule has 0 radical (unpaired) electrons. The van der Waals surface area contributed by atoms with Crippen molar-refractivity contribution in [3.05, 3.63) is 88.8 Å². The van der Waals surface area contributed by atoms with E-state index in [1.54, 1.807) is 30.5 Å². The number of fused-ring (bicyclic) bond motifs is 1. The Labute approximate surface area is 178 Å². The molecule has 0 aliphatic heterocycles. The van der Waals surface area contributed by atoms with Crippen molar-refractivity contribution >= 4 is 34.1 Å². The SMILES string of the molecule is CCOc1ccc2ccccc2c1C(=O)Nc1ccn(Cc2c(F)cccc2Cl)n1. The number of benzene rings is 3. The molecule has 1 heterocycles. The lowest BCUT2D eigenvalue weighted by atomic mass is 10.0. The molecule has 0 saturated carbocycles. The summed E-state index contributed by atoms with van der Waals surface area (Å²) in [5.74, 6) is 0.124. The van der Waals surface area contributed by atoms with Crippen LogP contribution in [0.25, 0.3) is 10.8 Å². The van der Waals surface area contributed by atoms with Crippen LogP contribution in [0.5, 0.6) is 5.75 Å². The second kappa shape index (κ2) is 8.55. The van der Waals surface area contributed by atoms with Crippen LogP contribution in [0.3, 0.4) is 0 Å². The van der Waals surface area contributed by atoms with Gasteiger partial charge in [0.1, 0.15) is 11.6 Å². The molecule has 1 amide bonds. The average Bonchev–Trinajstić information content (AvgIpc) is 3.17. The number of aromatic nitrogens is 2. The van der Waals surface area contributed by atoms with E-state index in [0.29, 0.717) is 34.3 Å². The van der Waals surface area contributed by atoms with Gasteiger partial charge in [0.05, 0.1) is 18.7 Å². The molecule has 3 aromatic carbocycles. The van der Waals surface area contributed by atoms with Crippen molar-refractivity contribution < 1.29 is 13.9 Å². The molecule has 0 atom stereocenters. The molecule has 0 bridgehead atoms. The highest BCUT2D eigenvalue weighted by Gasteiger charge is 2.18. The minimum absolute atomic E-state index is 0.153. The fourth-order valence-corrected chi connectivity index (χ4v) is 3.52. The number of anilines is 1. The van der Waals surface area contributed by atoms with Crippen molar-refractivity contribution in [2.45, 2.75) is 13.5 Å². The lowest BCUT2D eigenvalue weighted by Gasteiger charge is -2.13. The van der Waals surface area contributed by atoms with Crippen LogP contribution in [-0.4, -0.2) is 22.3 Å². The van der Waals surface area contributed by atoms with Gasteiger partial charge in [0, 0.05) is 22.8 Å². The first-order chi connectivity index (χ1) is 14.6. The van der Waals surface area contributed by atoms with Gasteiger partial charge in [-0.25, -0.2) is 4.39 Å². The summed E-state index contributed by atoms with van der Waals surface area (Å²) in [7, 11) is 0. The Kier molecular flexibility index (Phi) is 5.68. The first kappa shape index (κ1) is 19.9. The molecule has 152 valence electrons. The predicted octanol–water partition coefficient (Wildman–Crippen LogP) is 5.53. The topological polar surface area (TPSA) is 56.1 Å². The lowest BCUT2D eigenvalue weighted by molar-refractivity contribution is 0.102. The van der Waals surface area contributed by atoms with Crippen LogP contribution in [0.1, 0.15) is 22.8 Å². The van der Waals surface area contributed by atoms with E-state index in [1.807, 2.05) is 37.3 Å². The van der Waals surface area contributed by atoms with Crippen molar-refractivity contribution in [2.24, 2.45) is 0 Å². The molecule has 1 aromatic heterocycles. The van der Waals surface area contributed by atoms with E-state index in [2.05, 4.69) is 10.4 Å². The van der Waals surface area contributed by atoms with Gasteiger partial charge in [-0.3, -0.25) is 9.48 Å². The Bertz CT molecular complexity index is 1200. The normalized spacial score (nSPS) is 10.9. The molecular weight excluding hydrogens is 405 g/mol. The smallest absolute Gasteiger partial charge is 0.261 e. The zero-order chi connectivity index (χ0) is 21.1. The van der Waals surface area contributed by atoms with E-state index in [4.69, 9.17) is 16.3 Å². The average molecular weight is 424 g/mol. The third kappa shape index (κ3) is 4.00. The molecule has 1 N–H and O–H groups in total. The summed E-state index contributed by atoms with van der Waals surface area (Å²) >= 11 is 6.09. The summed E-state index contributed by atoms with van der Waals surface area (Å²) < 4.78 is 21.2.